The fourth-order valence-electron chi connectivity index (χ4n) is 2.74. The van der Waals surface area contributed by atoms with Crippen molar-refractivity contribution < 1.29 is 32.6 Å². The monoisotopic (exact) mass is 473 g/mol. The highest BCUT2D eigenvalue weighted by Crippen LogP contribution is 2.29. The molecule has 0 bridgehead atoms. The summed E-state index contributed by atoms with van der Waals surface area (Å²) in [6.07, 6.45) is 2.00. The molecule has 174 valence electrons. The van der Waals surface area contributed by atoms with Gasteiger partial charge in [0.2, 0.25) is 5.91 Å². The molecule has 1 amide bonds. The molecule has 2 N–H and O–H groups in total. The number of carbonyl (C=O) groups is 2. The highest BCUT2D eigenvalue weighted by atomic mass is 32.2. The number of nitrogens with zero attached hydrogens (tertiary/aromatic N) is 2. The largest absolute Gasteiger partial charge is 0.488 e. The van der Waals surface area contributed by atoms with Gasteiger partial charge in [0.25, 0.3) is 5.91 Å². The molecular weight excluding hydrogens is 450 g/mol. The van der Waals surface area contributed by atoms with Crippen LogP contribution >= 0.6 is 0 Å². The zero-order chi connectivity index (χ0) is 24.2. The summed E-state index contributed by atoms with van der Waals surface area (Å²) < 4.78 is 35.8. The Kier molecular flexibility index (Phi) is 7.14. The summed E-state index contributed by atoms with van der Waals surface area (Å²) in [6.45, 7) is 2.77. The second kappa shape index (κ2) is 9.84. The number of amides is 1. The molecule has 0 saturated carbocycles. The van der Waals surface area contributed by atoms with E-state index in [4.69, 9.17) is 9.47 Å². The third kappa shape index (κ3) is 6.40. The van der Waals surface area contributed by atoms with Gasteiger partial charge < -0.3 is 19.9 Å². The number of ether oxygens (including phenoxy) is 2. The summed E-state index contributed by atoms with van der Waals surface area (Å²) in [4.78, 5) is 24.3. The number of rotatable bonds is 8. The minimum atomic E-state index is -3.35. The van der Waals surface area contributed by atoms with Crippen molar-refractivity contribution in [3.8, 4) is 17.2 Å². The van der Waals surface area contributed by atoms with Crippen LogP contribution in [0.4, 0.5) is 5.82 Å². The van der Waals surface area contributed by atoms with Gasteiger partial charge in [-0.25, -0.2) is 13.1 Å². The van der Waals surface area contributed by atoms with E-state index < -0.39 is 21.8 Å². The Bertz CT molecular complexity index is 1270. The smallest absolute Gasteiger partial charge is 0.257 e. The van der Waals surface area contributed by atoms with Crippen molar-refractivity contribution in [2.24, 2.45) is 0 Å². The third-order valence-corrected chi connectivity index (χ3v) is 5.51. The molecule has 11 heteroatoms. The maximum Gasteiger partial charge on any atom is 0.257 e. The highest BCUT2D eigenvalue weighted by molar-refractivity contribution is 7.90. The van der Waals surface area contributed by atoms with E-state index in [2.05, 4.69) is 10.4 Å². The van der Waals surface area contributed by atoms with Crippen LogP contribution in [0.5, 0.6) is 17.2 Å². The minimum Gasteiger partial charge on any atom is -0.488 e. The first kappa shape index (κ1) is 24.0. The van der Waals surface area contributed by atoms with Crippen LogP contribution in [0.1, 0.15) is 29.0 Å². The van der Waals surface area contributed by atoms with Crippen molar-refractivity contribution in [3.63, 3.8) is 0 Å². The molecule has 0 aliphatic carbocycles. The molecule has 0 radical (unpaired) electrons. The molecule has 0 aliphatic rings. The quantitative estimate of drug-likeness (QED) is 0.510. The van der Waals surface area contributed by atoms with Gasteiger partial charge in [-0.2, -0.15) is 0 Å². The lowest BCUT2D eigenvalue weighted by Crippen LogP contribution is -2.17. The molecule has 0 saturated heterocycles. The summed E-state index contributed by atoms with van der Waals surface area (Å²) >= 11 is 0. The van der Waals surface area contributed by atoms with Crippen molar-refractivity contribution in [1.29, 1.82) is 0 Å². The first-order chi connectivity index (χ1) is 15.5. The fraction of sp³-hybridized carbons (Fsp3) is 0.227. The molecule has 0 fully saturated rings. The zero-order valence-corrected chi connectivity index (χ0v) is 19.0. The van der Waals surface area contributed by atoms with E-state index in [0.717, 1.165) is 10.9 Å². The average molecular weight is 474 g/mol. The van der Waals surface area contributed by atoms with E-state index in [1.165, 1.54) is 61.7 Å². The number of sulfone groups is 1. The lowest BCUT2D eigenvalue weighted by molar-refractivity contribution is 0.0919. The van der Waals surface area contributed by atoms with Gasteiger partial charge in [-0.1, -0.05) is 0 Å². The summed E-state index contributed by atoms with van der Waals surface area (Å²) in [6, 6.07) is 11.8. The topological polar surface area (TPSA) is 137 Å². The summed E-state index contributed by atoms with van der Waals surface area (Å²) in [5.74, 6) is 0.237. The summed E-state index contributed by atoms with van der Waals surface area (Å²) in [7, 11) is -3.35. The van der Waals surface area contributed by atoms with Crippen LogP contribution in [0.15, 0.2) is 59.6 Å². The molecule has 33 heavy (non-hydrogen) atoms. The van der Waals surface area contributed by atoms with Gasteiger partial charge in [0, 0.05) is 37.1 Å². The molecule has 1 aromatic heterocycles. The molecule has 1 atom stereocenters. The average Bonchev–Trinajstić information content (AvgIpc) is 3.22. The Hall–Kier alpha value is -3.70. The predicted octanol–water partition coefficient (Wildman–Crippen LogP) is 2.75. The van der Waals surface area contributed by atoms with E-state index in [1.54, 1.807) is 6.92 Å². The number of hydrogen-bond donors (Lipinski definition) is 2. The maximum absolute atomic E-state index is 12.8. The first-order valence-corrected chi connectivity index (χ1v) is 11.7. The van der Waals surface area contributed by atoms with E-state index in [0.29, 0.717) is 5.75 Å². The Morgan fingerprint density at radius 3 is 2.33 bits per heavy atom. The van der Waals surface area contributed by atoms with Crippen molar-refractivity contribution in [2.75, 3.05) is 18.2 Å². The van der Waals surface area contributed by atoms with Gasteiger partial charge in [-0.3, -0.25) is 9.59 Å². The lowest BCUT2D eigenvalue weighted by atomic mass is 10.2. The molecule has 0 unspecified atom stereocenters. The molecule has 3 rings (SSSR count). The second-order valence-corrected chi connectivity index (χ2v) is 9.28. The Balaban J connectivity index is 1.87. The molecular formula is C22H23N3O7S. The number of aliphatic hydroxyl groups excluding tert-OH is 1. The summed E-state index contributed by atoms with van der Waals surface area (Å²) in [5.41, 5.74) is 0.178. The Labute approximate surface area is 190 Å². The summed E-state index contributed by atoms with van der Waals surface area (Å²) in [5, 5.41) is 15.9. The number of benzene rings is 2. The lowest BCUT2D eigenvalue weighted by Gasteiger charge is -2.15. The van der Waals surface area contributed by atoms with Crippen LogP contribution in [-0.4, -0.2) is 54.1 Å². The van der Waals surface area contributed by atoms with E-state index in [1.807, 2.05) is 0 Å². The van der Waals surface area contributed by atoms with Crippen LogP contribution in [0, 0.1) is 0 Å². The van der Waals surface area contributed by atoms with Crippen molar-refractivity contribution >= 4 is 27.5 Å². The second-order valence-electron chi connectivity index (χ2n) is 7.27. The Morgan fingerprint density at radius 2 is 1.76 bits per heavy atom. The van der Waals surface area contributed by atoms with Crippen molar-refractivity contribution in [1.82, 2.24) is 9.78 Å². The number of anilines is 1. The first-order valence-electron chi connectivity index (χ1n) is 9.83. The highest BCUT2D eigenvalue weighted by Gasteiger charge is 2.15. The molecule has 10 nitrogen and oxygen atoms in total. The SMILES string of the molecule is CC(=O)n1ccc(NC(=O)c2cc(Oc3ccc(S(C)(=O)=O)cc3)cc(O[C@@H](C)CO)c2)n1. The third-order valence-electron chi connectivity index (χ3n) is 4.38. The normalized spacial score (nSPS) is 12.1. The van der Waals surface area contributed by atoms with Crippen LogP contribution in [-0.2, 0) is 9.84 Å². The molecule has 2 aromatic carbocycles. The van der Waals surface area contributed by atoms with Gasteiger partial charge in [0.1, 0.15) is 23.4 Å². The van der Waals surface area contributed by atoms with Crippen LogP contribution in [0.25, 0.3) is 0 Å². The zero-order valence-electron chi connectivity index (χ0n) is 18.2. The van der Waals surface area contributed by atoms with E-state index in [-0.39, 0.29) is 40.3 Å². The molecule has 3 aromatic rings. The standard InChI is InChI=1S/C22H23N3O7S/c1-14(13-26)31-18-10-16(22(28)23-21-8-9-25(24-21)15(2)27)11-19(12-18)32-17-4-6-20(7-5-17)33(3,29)30/h4-12,14,26H,13H2,1-3H3,(H,23,24,28)/t14-/m0/s1. The number of hydrogen-bond acceptors (Lipinski definition) is 8. The van der Waals surface area contributed by atoms with Crippen LogP contribution in [0.2, 0.25) is 0 Å². The van der Waals surface area contributed by atoms with E-state index in [9.17, 15) is 23.1 Å². The van der Waals surface area contributed by atoms with Crippen molar-refractivity contribution in [3.05, 3.63) is 60.3 Å². The minimum absolute atomic E-state index is 0.147. The Morgan fingerprint density at radius 1 is 1.09 bits per heavy atom. The van der Waals surface area contributed by atoms with Gasteiger partial charge in [-0.15, -0.1) is 5.10 Å². The van der Waals surface area contributed by atoms with Crippen molar-refractivity contribution in [2.45, 2.75) is 24.8 Å². The number of aliphatic hydroxyl groups is 1. The van der Waals surface area contributed by atoms with E-state index >= 15 is 0 Å². The number of nitrogens with one attached hydrogen (secondary N) is 1. The van der Waals surface area contributed by atoms with Crippen LogP contribution in [0.3, 0.4) is 0 Å². The fourth-order valence-corrected chi connectivity index (χ4v) is 3.38. The molecule has 0 aliphatic heterocycles. The van der Waals surface area contributed by atoms with Gasteiger partial charge in [0.05, 0.1) is 11.5 Å². The van der Waals surface area contributed by atoms with Gasteiger partial charge >= 0.3 is 0 Å². The number of aromatic nitrogens is 2. The maximum atomic E-state index is 12.8. The predicted molar refractivity (Wildman–Crippen MR) is 120 cm³/mol. The van der Waals surface area contributed by atoms with Crippen LogP contribution < -0.4 is 14.8 Å². The van der Waals surface area contributed by atoms with Gasteiger partial charge in [-0.05, 0) is 43.3 Å². The number of carbonyl (C=O) groups excluding carboxylic acids is 2. The molecule has 0 spiro atoms. The van der Waals surface area contributed by atoms with Gasteiger partial charge in [0.15, 0.2) is 15.7 Å². The molecule has 1 heterocycles.